The largest absolute Gasteiger partial charge is 0.480 e. The minimum Gasteiger partial charge on any atom is -0.480 e. The van der Waals surface area contributed by atoms with Gasteiger partial charge in [0.2, 0.25) is 0 Å². The van der Waals surface area contributed by atoms with E-state index in [2.05, 4.69) is 12.2 Å². The number of rotatable bonds is 7. The lowest BCUT2D eigenvalue weighted by Crippen LogP contribution is -2.44. The Morgan fingerprint density at radius 2 is 1.80 bits per heavy atom. The lowest BCUT2D eigenvalue weighted by atomic mass is 10.1. The number of ether oxygens (including phenoxy) is 1. The van der Waals surface area contributed by atoms with Gasteiger partial charge in [-0.3, -0.25) is 0 Å². The van der Waals surface area contributed by atoms with Crippen molar-refractivity contribution in [2.75, 3.05) is 5.88 Å². The van der Waals surface area contributed by atoms with Crippen LogP contribution >= 0.6 is 11.6 Å². The Labute approximate surface area is 155 Å². The highest BCUT2D eigenvalue weighted by Crippen LogP contribution is 2.08. The molecule has 0 aromatic heterocycles. The Balaban J connectivity index is 0.000000823. The van der Waals surface area contributed by atoms with Crippen molar-refractivity contribution in [1.82, 2.24) is 5.32 Å². The highest BCUT2D eigenvalue weighted by atomic mass is 35.5. The molecule has 1 amide bonds. The zero-order valence-electron chi connectivity index (χ0n) is 15.5. The molecule has 0 radical (unpaired) electrons. The van der Waals surface area contributed by atoms with Crippen LogP contribution in [0.3, 0.4) is 0 Å². The molecule has 0 unspecified atom stereocenters. The first kappa shape index (κ1) is 23.2. The lowest BCUT2D eigenvalue weighted by molar-refractivity contribution is -0.139. The number of hydrogen-bond donors (Lipinski definition) is 2. The third-order valence-electron chi connectivity index (χ3n) is 3.01. The summed E-state index contributed by atoms with van der Waals surface area (Å²) in [5.41, 5.74) is 0.186. The Morgan fingerprint density at radius 1 is 1.20 bits per heavy atom. The number of aliphatic carboxylic acids is 1. The van der Waals surface area contributed by atoms with E-state index in [4.69, 9.17) is 21.4 Å². The zero-order valence-corrected chi connectivity index (χ0v) is 16.3. The molecule has 0 heterocycles. The predicted molar refractivity (Wildman–Crippen MR) is 101 cm³/mol. The lowest BCUT2D eigenvalue weighted by Gasteiger charge is -2.22. The summed E-state index contributed by atoms with van der Waals surface area (Å²) in [6, 6.07) is 8.11. The molecular weight excluding hydrogens is 342 g/mol. The van der Waals surface area contributed by atoms with Crippen LogP contribution in [0.2, 0.25) is 0 Å². The van der Waals surface area contributed by atoms with E-state index in [0.717, 1.165) is 11.4 Å². The van der Waals surface area contributed by atoms with Crippen molar-refractivity contribution in [3.63, 3.8) is 0 Å². The number of alkyl halides is 1. The molecule has 0 aliphatic rings. The molecule has 6 heteroatoms. The molecule has 1 aromatic rings. The second kappa shape index (κ2) is 12.6. The van der Waals surface area contributed by atoms with Gasteiger partial charge < -0.3 is 15.2 Å². The highest BCUT2D eigenvalue weighted by molar-refractivity contribution is 6.17. The summed E-state index contributed by atoms with van der Waals surface area (Å²) in [6.45, 7) is 7.34. The molecule has 5 nitrogen and oxygen atoms in total. The standard InChI is InChI=1S/C14H19NO4.C5H11Cl/c1-14(2,3)19-13(18)15-11(12(16)17)9-10-7-5-4-6-8-10;1-2-3-4-5-6/h4-8,11H,9H2,1-3H3,(H,15,18)(H,16,17);2-5H2,1H3/t11-;/m0./s1. The molecule has 1 rings (SSSR count). The van der Waals surface area contributed by atoms with Gasteiger partial charge in [-0.05, 0) is 32.8 Å². The molecule has 0 saturated carbocycles. The van der Waals surface area contributed by atoms with Crippen molar-refractivity contribution in [3.05, 3.63) is 35.9 Å². The first-order chi connectivity index (χ1) is 11.7. The zero-order chi connectivity index (χ0) is 19.3. The number of unbranched alkanes of at least 4 members (excludes halogenated alkanes) is 2. The van der Waals surface area contributed by atoms with E-state index in [1.54, 1.807) is 20.8 Å². The van der Waals surface area contributed by atoms with Gasteiger partial charge in [-0.1, -0.05) is 50.1 Å². The van der Waals surface area contributed by atoms with Crippen LogP contribution in [0.15, 0.2) is 30.3 Å². The maximum Gasteiger partial charge on any atom is 0.408 e. The Bertz CT molecular complexity index is 496. The van der Waals surface area contributed by atoms with Gasteiger partial charge in [0.05, 0.1) is 0 Å². The average molecular weight is 372 g/mol. The third kappa shape index (κ3) is 13.2. The smallest absolute Gasteiger partial charge is 0.408 e. The average Bonchev–Trinajstić information content (AvgIpc) is 2.52. The van der Waals surface area contributed by atoms with Gasteiger partial charge in [-0.2, -0.15) is 0 Å². The minimum atomic E-state index is -1.09. The summed E-state index contributed by atoms with van der Waals surface area (Å²) in [7, 11) is 0. The predicted octanol–water partition coefficient (Wildman–Crippen LogP) is 4.62. The first-order valence-electron chi connectivity index (χ1n) is 8.51. The molecule has 1 atom stereocenters. The van der Waals surface area contributed by atoms with Crippen LogP contribution in [-0.4, -0.2) is 34.7 Å². The van der Waals surface area contributed by atoms with Gasteiger partial charge in [0.25, 0.3) is 0 Å². The quantitative estimate of drug-likeness (QED) is 0.541. The first-order valence-corrected chi connectivity index (χ1v) is 9.05. The summed E-state index contributed by atoms with van der Waals surface area (Å²) in [4.78, 5) is 22.7. The number of carbonyl (C=O) groups excluding carboxylic acids is 1. The summed E-state index contributed by atoms with van der Waals surface area (Å²) in [5.74, 6) is -0.261. The van der Waals surface area contributed by atoms with Crippen LogP contribution in [0.4, 0.5) is 4.79 Å². The van der Waals surface area contributed by atoms with E-state index >= 15 is 0 Å². The topological polar surface area (TPSA) is 75.6 Å². The normalized spacial score (nSPS) is 11.7. The maximum absolute atomic E-state index is 11.6. The Kier molecular flexibility index (Phi) is 11.7. The van der Waals surface area contributed by atoms with Crippen molar-refractivity contribution in [2.24, 2.45) is 0 Å². The van der Waals surface area contributed by atoms with Gasteiger partial charge >= 0.3 is 12.1 Å². The monoisotopic (exact) mass is 371 g/mol. The molecule has 1 aromatic carbocycles. The number of nitrogens with one attached hydrogen (secondary N) is 1. The summed E-state index contributed by atoms with van der Waals surface area (Å²) < 4.78 is 5.04. The van der Waals surface area contributed by atoms with E-state index < -0.39 is 23.7 Å². The van der Waals surface area contributed by atoms with Gasteiger partial charge in [0, 0.05) is 12.3 Å². The van der Waals surface area contributed by atoms with E-state index in [9.17, 15) is 9.59 Å². The van der Waals surface area contributed by atoms with Crippen LogP contribution < -0.4 is 5.32 Å². The molecule has 0 fully saturated rings. The van der Waals surface area contributed by atoms with Gasteiger partial charge in [0.15, 0.2) is 0 Å². The number of alkyl carbamates (subject to hydrolysis) is 1. The molecule has 0 bridgehead atoms. The summed E-state index contributed by atoms with van der Waals surface area (Å²) in [6.07, 6.45) is 3.22. The van der Waals surface area contributed by atoms with Crippen molar-refractivity contribution in [1.29, 1.82) is 0 Å². The number of carbonyl (C=O) groups is 2. The number of halogens is 1. The van der Waals surface area contributed by atoms with Crippen molar-refractivity contribution in [3.8, 4) is 0 Å². The number of benzene rings is 1. The number of carboxylic acids is 1. The minimum absolute atomic E-state index is 0.218. The fourth-order valence-corrected chi connectivity index (χ4v) is 2.03. The summed E-state index contributed by atoms with van der Waals surface area (Å²) in [5, 5.41) is 11.5. The number of amides is 1. The fraction of sp³-hybridized carbons (Fsp3) is 0.579. The molecule has 142 valence electrons. The molecule has 0 aliphatic carbocycles. The van der Waals surface area contributed by atoms with Crippen molar-refractivity contribution >= 4 is 23.7 Å². The third-order valence-corrected chi connectivity index (χ3v) is 3.28. The van der Waals surface area contributed by atoms with Crippen LogP contribution in [0.5, 0.6) is 0 Å². The Hall–Kier alpha value is -1.75. The van der Waals surface area contributed by atoms with E-state index in [-0.39, 0.29) is 6.42 Å². The molecule has 0 spiro atoms. The molecule has 0 saturated heterocycles. The second-order valence-corrected chi connectivity index (χ2v) is 7.00. The van der Waals surface area contributed by atoms with Gasteiger partial charge in [-0.15, -0.1) is 11.6 Å². The van der Waals surface area contributed by atoms with Crippen LogP contribution in [-0.2, 0) is 16.0 Å². The van der Waals surface area contributed by atoms with Crippen molar-refractivity contribution in [2.45, 2.75) is 65.0 Å². The van der Waals surface area contributed by atoms with E-state index in [1.807, 2.05) is 30.3 Å². The molecule has 25 heavy (non-hydrogen) atoms. The number of hydrogen-bond acceptors (Lipinski definition) is 3. The van der Waals surface area contributed by atoms with Gasteiger partial charge in [-0.25, -0.2) is 9.59 Å². The van der Waals surface area contributed by atoms with E-state index in [1.165, 1.54) is 19.3 Å². The van der Waals surface area contributed by atoms with Gasteiger partial charge in [0.1, 0.15) is 11.6 Å². The molecule has 2 N–H and O–H groups in total. The molecule has 0 aliphatic heterocycles. The van der Waals surface area contributed by atoms with Crippen LogP contribution in [0.1, 0.15) is 52.5 Å². The van der Waals surface area contributed by atoms with E-state index in [0.29, 0.717) is 0 Å². The highest BCUT2D eigenvalue weighted by Gasteiger charge is 2.24. The Morgan fingerprint density at radius 3 is 2.20 bits per heavy atom. The second-order valence-electron chi connectivity index (χ2n) is 6.62. The summed E-state index contributed by atoms with van der Waals surface area (Å²) >= 11 is 5.38. The molecular formula is C19H30ClNO4. The van der Waals surface area contributed by atoms with Crippen LogP contribution in [0.25, 0.3) is 0 Å². The maximum atomic E-state index is 11.6. The SMILES string of the molecule is CC(C)(C)OC(=O)N[C@@H](Cc1ccccc1)C(=O)O.CCCCCCl. The number of carboxylic acid groups (broad SMARTS) is 1. The van der Waals surface area contributed by atoms with Crippen molar-refractivity contribution < 1.29 is 19.4 Å². The fourth-order valence-electron chi connectivity index (χ4n) is 1.84. The van der Waals surface area contributed by atoms with Crippen LogP contribution in [0, 0.1) is 0 Å².